The Hall–Kier alpha value is 0.210. The quantitative estimate of drug-likeness (QED) is 0.415. The van der Waals surface area contributed by atoms with E-state index < -0.39 is 0 Å². The predicted molar refractivity (Wildman–Crippen MR) is 51.9 cm³/mol. The van der Waals surface area contributed by atoms with Crippen LogP contribution in [-0.4, -0.2) is 32.8 Å². The maximum absolute atomic E-state index is 5.53. The van der Waals surface area contributed by atoms with Crippen molar-refractivity contribution in [1.82, 2.24) is 0 Å². The van der Waals surface area contributed by atoms with Crippen LogP contribution in [0.2, 0.25) is 0 Å². The zero-order valence-corrected chi connectivity index (χ0v) is 8.61. The summed E-state index contributed by atoms with van der Waals surface area (Å²) in [6, 6.07) is 0. The summed E-state index contributed by atoms with van der Waals surface area (Å²) in [7, 11) is 1.71. The van der Waals surface area contributed by atoms with Crippen LogP contribution in [-0.2, 0) is 9.47 Å². The predicted octanol–water partition coefficient (Wildman–Crippen LogP) is 2.45. The van der Waals surface area contributed by atoms with Crippen LogP contribution in [0.1, 0.15) is 25.7 Å². The fraction of sp³-hybridized carbons (Fsp3) is 1.00. The Balaban J connectivity index is 2.73. The van der Waals surface area contributed by atoms with Crippen LogP contribution >= 0.6 is 11.6 Å². The monoisotopic (exact) mass is 194 g/mol. The summed E-state index contributed by atoms with van der Waals surface area (Å²) in [5.74, 6) is 0.768. The lowest BCUT2D eigenvalue weighted by molar-refractivity contribution is 0.100. The highest BCUT2D eigenvalue weighted by molar-refractivity contribution is 6.17. The zero-order chi connectivity index (χ0) is 9.07. The number of unbranched alkanes of at least 4 members (excludes halogenated alkanes) is 2. The summed E-state index contributed by atoms with van der Waals surface area (Å²) < 4.78 is 10.2. The first-order valence-corrected chi connectivity index (χ1v) is 5.08. The molecule has 2 nitrogen and oxygen atoms in total. The Morgan fingerprint density at radius 2 is 1.67 bits per heavy atom. The third kappa shape index (κ3) is 10.2. The van der Waals surface area contributed by atoms with E-state index in [4.69, 9.17) is 21.1 Å². The minimum absolute atomic E-state index is 0.768. The van der Waals surface area contributed by atoms with Gasteiger partial charge >= 0.3 is 0 Å². The van der Waals surface area contributed by atoms with Gasteiger partial charge in [-0.25, -0.2) is 0 Å². The Morgan fingerprint density at radius 1 is 0.917 bits per heavy atom. The number of methoxy groups -OCH3 is 1. The molecule has 0 spiro atoms. The number of ether oxygens (including phenoxy) is 2. The third-order valence-corrected chi connectivity index (χ3v) is 1.83. The number of alkyl halides is 1. The molecule has 0 saturated carbocycles. The maximum Gasteiger partial charge on any atom is 0.0487 e. The first-order chi connectivity index (χ1) is 5.91. The molecular formula is C9H19ClO2. The van der Waals surface area contributed by atoms with Gasteiger partial charge in [-0.1, -0.05) is 0 Å². The van der Waals surface area contributed by atoms with E-state index in [2.05, 4.69) is 0 Å². The van der Waals surface area contributed by atoms with Gasteiger partial charge in [-0.2, -0.15) is 0 Å². The molecule has 0 saturated heterocycles. The summed E-state index contributed by atoms with van der Waals surface area (Å²) in [5.41, 5.74) is 0. The van der Waals surface area contributed by atoms with E-state index in [0.29, 0.717) is 0 Å². The molecule has 0 radical (unpaired) electrons. The molecule has 0 heterocycles. The molecule has 0 fully saturated rings. The first kappa shape index (κ1) is 12.2. The summed E-state index contributed by atoms with van der Waals surface area (Å²) in [6.45, 7) is 2.47. The third-order valence-electron chi connectivity index (χ3n) is 1.56. The van der Waals surface area contributed by atoms with E-state index in [1.807, 2.05) is 0 Å². The van der Waals surface area contributed by atoms with Crippen molar-refractivity contribution in [3.8, 4) is 0 Å². The van der Waals surface area contributed by atoms with E-state index in [1.54, 1.807) is 7.11 Å². The van der Waals surface area contributed by atoms with Gasteiger partial charge in [-0.15, -0.1) is 11.6 Å². The average Bonchev–Trinajstić information content (AvgIpc) is 2.10. The van der Waals surface area contributed by atoms with Gasteiger partial charge in [-0.3, -0.25) is 0 Å². The lowest BCUT2D eigenvalue weighted by Crippen LogP contribution is -2.00. The summed E-state index contributed by atoms with van der Waals surface area (Å²) in [5, 5.41) is 0. The van der Waals surface area contributed by atoms with Crippen LogP contribution < -0.4 is 0 Å². The fourth-order valence-corrected chi connectivity index (χ4v) is 1.07. The Kier molecular flexibility index (Phi) is 11.4. The van der Waals surface area contributed by atoms with Crippen LogP contribution in [0.3, 0.4) is 0 Å². The molecule has 0 N–H and O–H groups in total. The number of rotatable bonds is 9. The molecule has 0 aliphatic carbocycles. The Bertz CT molecular complexity index is 68.9. The van der Waals surface area contributed by atoms with Crippen molar-refractivity contribution in [3.63, 3.8) is 0 Å². The minimum atomic E-state index is 0.768. The minimum Gasteiger partial charge on any atom is -0.385 e. The zero-order valence-electron chi connectivity index (χ0n) is 7.85. The molecule has 74 valence electrons. The van der Waals surface area contributed by atoms with E-state index >= 15 is 0 Å². The standard InChI is InChI=1S/C9H19ClO2/c1-11-7-5-9-12-8-4-2-3-6-10/h2-9H2,1H3. The van der Waals surface area contributed by atoms with Gasteiger partial charge in [0.2, 0.25) is 0 Å². The van der Waals surface area contributed by atoms with Crippen molar-refractivity contribution in [1.29, 1.82) is 0 Å². The van der Waals surface area contributed by atoms with Crippen LogP contribution in [0.5, 0.6) is 0 Å². The summed E-state index contributed by atoms with van der Waals surface area (Å²) in [4.78, 5) is 0. The van der Waals surface area contributed by atoms with Gasteiger partial charge in [0.25, 0.3) is 0 Å². The average molecular weight is 195 g/mol. The molecule has 0 aromatic heterocycles. The number of halogens is 1. The second kappa shape index (κ2) is 11.2. The van der Waals surface area contributed by atoms with Gasteiger partial charge in [0, 0.05) is 32.8 Å². The Morgan fingerprint density at radius 3 is 2.33 bits per heavy atom. The SMILES string of the molecule is COCCCOCCCCCCl. The number of hydrogen-bond donors (Lipinski definition) is 0. The smallest absolute Gasteiger partial charge is 0.0487 e. The van der Waals surface area contributed by atoms with E-state index in [1.165, 1.54) is 6.42 Å². The van der Waals surface area contributed by atoms with Crippen LogP contribution in [0.25, 0.3) is 0 Å². The lowest BCUT2D eigenvalue weighted by atomic mass is 10.3. The molecule has 0 amide bonds. The fourth-order valence-electron chi connectivity index (χ4n) is 0.883. The van der Waals surface area contributed by atoms with E-state index in [9.17, 15) is 0 Å². The van der Waals surface area contributed by atoms with E-state index in [0.717, 1.165) is 45.0 Å². The summed E-state index contributed by atoms with van der Waals surface area (Å²) in [6.07, 6.45) is 4.39. The van der Waals surface area contributed by atoms with Crippen molar-refractivity contribution in [3.05, 3.63) is 0 Å². The topological polar surface area (TPSA) is 18.5 Å². The molecule has 0 aliphatic heterocycles. The molecule has 0 aromatic carbocycles. The van der Waals surface area contributed by atoms with Gasteiger partial charge in [0.05, 0.1) is 0 Å². The molecule has 0 unspecified atom stereocenters. The molecule has 0 rings (SSSR count). The van der Waals surface area contributed by atoms with Gasteiger partial charge in [0.15, 0.2) is 0 Å². The highest BCUT2D eigenvalue weighted by Gasteiger charge is 1.89. The van der Waals surface area contributed by atoms with Gasteiger partial charge < -0.3 is 9.47 Å². The second-order valence-electron chi connectivity index (χ2n) is 2.71. The van der Waals surface area contributed by atoms with Gasteiger partial charge in [-0.05, 0) is 25.7 Å². The van der Waals surface area contributed by atoms with Crippen LogP contribution in [0.15, 0.2) is 0 Å². The van der Waals surface area contributed by atoms with Gasteiger partial charge in [0.1, 0.15) is 0 Å². The molecular weight excluding hydrogens is 176 g/mol. The van der Waals surface area contributed by atoms with Crippen LogP contribution in [0.4, 0.5) is 0 Å². The molecule has 3 heteroatoms. The highest BCUT2D eigenvalue weighted by atomic mass is 35.5. The van der Waals surface area contributed by atoms with Crippen molar-refractivity contribution < 1.29 is 9.47 Å². The van der Waals surface area contributed by atoms with Crippen molar-refractivity contribution in [2.45, 2.75) is 25.7 Å². The summed E-state index contributed by atoms with van der Waals surface area (Å²) >= 11 is 5.53. The highest BCUT2D eigenvalue weighted by Crippen LogP contribution is 1.97. The van der Waals surface area contributed by atoms with Crippen molar-refractivity contribution >= 4 is 11.6 Å². The lowest BCUT2D eigenvalue weighted by Gasteiger charge is -2.02. The Labute approximate surface area is 80.2 Å². The van der Waals surface area contributed by atoms with Crippen molar-refractivity contribution in [2.75, 3.05) is 32.8 Å². The van der Waals surface area contributed by atoms with Crippen LogP contribution in [0, 0.1) is 0 Å². The molecule has 0 atom stereocenters. The largest absolute Gasteiger partial charge is 0.385 e. The molecule has 12 heavy (non-hydrogen) atoms. The molecule has 0 aliphatic rings. The second-order valence-corrected chi connectivity index (χ2v) is 3.09. The van der Waals surface area contributed by atoms with E-state index in [-0.39, 0.29) is 0 Å². The molecule has 0 bridgehead atoms. The normalized spacial score (nSPS) is 10.5. The first-order valence-electron chi connectivity index (χ1n) is 4.54. The van der Waals surface area contributed by atoms with Crippen molar-refractivity contribution in [2.24, 2.45) is 0 Å². The molecule has 0 aromatic rings. The maximum atomic E-state index is 5.53. The number of hydrogen-bond acceptors (Lipinski definition) is 2.